The molecule has 1 amide bonds. The van der Waals surface area contributed by atoms with Crippen molar-refractivity contribution in [3.63, 3.8) is 0 Å². The lowest BCUT2D eigenvalue weighted by Crippen LogP contribution is -2.25. The van der Waals surface area contributed by atoms with E-state index in [4.69, 9.17) is 0 Å². The maximum atomic E-state index is 13.6. The second kappa shape index (κ2) is 10.9. The Kier molecular flexibility index (Phi) is 7.64. The van der Waals surface area contributed by atoms with Crippen molar-refractivity contribution in [2.75, 3.05) is 12.3 Å². The van der Waals surface area contributed by atoms with Gasteiger partial charge in [-0.3, -0.25) is 19.0 Å². The number of aromatic nitrogens is 2. The van der Waals surface area contributed by atoms with Crippen molar-refractivity contribution >= 4 is 34.4 Å². The lowest BCUT2D eigenvalue weighted by Gasteiger charge is -2.14. The number of aryl methyl sites for hydroxylation is 2. The molecule has 4 aromatic rings. The number of nitrogens with one attached hydrogen (secondary N) is 1. The maximum Gasteiger partial charge on any atom is 0.266 e. The minimum Gasteiger partial charge on any atom is -0.352 e. The first-order chi connectivity index (χ1) is 17.3. The second-order valence-corrected chi connectivity index (χ2v) is 9.47. The third kappa shape index (κ3) is 5.39. The number of hydrogen-bond donors (Lipinski definition) is 1. The van der Waals surface area contributed by atoms with Crippen molar-refractivity contribution in [2.45, 2.75) is 32.3 Å². The summed E-state index contributed by atoms with van der Waals surface area (Å²) in [5.41, 5.74) is 3.28. The number of Topliss-reactive ketones (excluding diaryl/α,β-unsaturated/α-hetero) is 1. The van der Waals surface area contributed by atoms with Crippen LogP contribution in [0.5, 0.6) is 0 Å². The summed E-state index contributed by atoms with van der Waals surface area (Å²) < 4.78 is 15.0. The number of amides is 1. The number of fused-ring (bicyclic) bond motifs is 1. The van der Waals surface area contributed by atoms with E-state index in [9.17, 15) is 18.8 Å². The Morgan fingerprint density at radius 3 is 2.50 bits per heavy atom. The van der Waals surface area contributed by atoms with Crippen molar-refractivity contribution < 1.29 is 14.0 Å². The van der Waals surface area contributed by atoms with Gasteiger partial charge < -0.3 is 5.32 Å². The van der Waals surface area contributed by atoms with Crippen LogP contribution >= 0.6 is 11.8 Å². The topological polar surface area (TPSA) is 81.1 Å². The van der Waals surface area contributed by atoms with E-state index >= 15 is 0 Å². The van der Waals surface area contributed by atoms with Gasteiger partial charge in [-0.2, -0.15) is 0 Å². The Bertz CT molecular complexity index is 1510. The Balaban J connectivity index is 1.78. The summed E-state index contributed by atoms with van der Waals surface area (Å²) in [4.78, 5) is 43.7. The molecule has 0 radical (unpaired) electrons. The zero-order valence-electron chi connectivity index (χ0n) is 20.3. The van der Waals surface area contributed by atoms with Crippen LogP contribution in [0.4, 0.5) is 4.39 Å². The van der Waals surface area contributed by atoms with Crippen molar-refractivity contribution in [3.05, 3.63) is 99.1 Å². The molecule has 4 rings (SSSR count). The van der Waals surface area contributed by atoms with Crippen LogP contribution in [0, 0.1) is 19.7 Å². The third-order valence-electron chi connectivity index (χ3n) is 5.75. The highest BCUT2D eigenvalue weighted by Gasteiger charge is 2.18. The molecule has 36 heavy (non-hydrogen) atoms. The summed E-state index contributed by atoms with van der Waals surface area (Å²) in [6.45, 7) is 6.31. The molecule has 6 nitrogen and oxygen atoms in total. The number of halogens is 1. The lowest BCUT2D eigenvalue weighted by molar-refractivity contribution is 0.0952. The standard InChI is InChI=1S/C28H26FN3O3S/c1-4-13-30-26(34)19-7-12-22-24(15-19)31-28(32(27(22)35)21-10-8-20(29)9-11-21)36-16-25(33)23-14-17(2)5-6-18(23)3/h5-12,14-15H,4,13,16H2,1-3H3,(H,30,34). The quantitative estimate of drug-likeness (QED) is 0.202. The van der Waals surface area contributed by atoms with Crippen LogP contribution < -0.4 is 10.9 Å². The molecular formula is C28H26FN3O3S. The molecule has 0 aliphatic heterocycles. The first-order valence-corrected chi connectivity index (χ1v) is 12.6. The van der Waals surface area contributed by atoms with Crippen LogP contribution in [-0.2, 0) is 0 Å². The zero-order chi connectivity index (χ0) is 25.8. The molecular weight excluding hydrogens is 477 g/mol. The van der Waals surface area contributed by atoms with E-state index in [1.54, 1.807) is 18.2 Å². The predicted molar refractivity (Wildman–Crippen MR) is 141 cm³/mol. The van der Waals surface area contributed by atoms with Gasteiger partial charge >= 0.3 is 0 Å². The number of rotatable bonds is 8. The molecule has 0 aliphatic rings. The van der Waals surface area contributed by atoms with E-state index in [1.807, 2.05) is 39.0 Å². The first kappa shape index (κ1) is 25.3. The van der Waals surface area contributed by atoms with Gasteiger partial charge in [0.05, 0.1) is 22.3 Å². The fraction of sp³-hybridized carbons (Fsp3) is 0.214. The zero-order valence-corrected chi connectivity index (χ0v) is 21.1. The van der Waals surface area contributed by atoms with Gasteiger partial charge in [-0.25, -0.2) is 9.37 Å². The molecule has 0 unspecified atom stereocenters. The Morgan fingerprint density at radius 2 is 1.78 bits per heavy atom. The summed E-state index contributed by atoms with van der Waals surface area (Å²) in [6, 6.07) is 16.0. The predicted octanol–water partition coefficient (Wildman–Crippen LogP) is 5.26. The van der Waals surface area contributed by atoms with Gasteiger partial charge in [0, 0.05) is 17.7 Å². The molecule has 1 N–H and O–H groups in total. The normalized spacial score (nSPS) is 11.0. The molecule has 0 spiro atoms. The molecule has 0 fully saturated rings. The Morgan fingerprint density at radius 1 is 1.03 bits per heavy atom. The van der Waals surface area contributed by atoms with Crippen molar-refractivity contribution in [2.24, 2.45) is 0 Å². The van der Waals surface area contributed by atoms with Crippen LogP contribution in [-0.4, -0.2) is 33.5 Å². The summed E-state index contributed by atoms with van der Waals surface area (Å²) in [5, 5.41) is 3.42. The highest BCUT2D eigenvalue weighted by atomic mass is 32.2. The van der Waals surface area contributed by atoms with Gasteiger partial charge in [-0.05, 0) is 74.4 Å². The number of carbonyl (C=O) groups is 2. The summed E-state index contributed by atoms with van der Waals surface area (Å²) in [7, 11) is 0. The fourth-order valence-corrected chi connectivity index (χ4v) is 4.70. The molecule has 8 heteroatoms. The van der Waals surface area contributed by atoms with Crippen LogP contribution in [0.15, 0.2) is 70.6 Å². The van der Waals surface area contributed by atoms with Crippen molar-refractivity contribution in [3.8, 4) is 5.69 Å². The van der Waals surface area contributed by atoms with Crippen LogP contribution in [0.3, 0.4) is 0 Å². The number of benzene rings is 3. The van der Waals surface area contributed by atoms with Gasteiger partial charge in [-0.1, -0.05) is 36.4 Å². The molecule has 0 saturated heterocycles. The van der Waals surface area contributed by atoms with Crippen molar-refractivity contribution in [1.29, 1.82) is 0 Å². The molecule has 1 aromatic heterocycles. The molecule has 184 valence electrons. The van der Waals surface area contributed by atoms with Crippen LogP contribution in [0.2, 0.25) is 0 Å². The van der Waals surface area contributed by atoms with E-state index in [0.717, 1.165) is 29.3 Å². The van der Waals surface area contributed by atoms with E-state index in [-0.39, 0.29) is 28.2 Å². The van der Waals surface area contributed by atoms with Crippen LogP contribution in [0.25, 0.3) is 16.6 Å². The minimum atomic E-state index is -0.428. The van der Waals surface area contributed by atoms with E-state index in [1.165, 1.54) is 28.8 Å². The van der Waals surface area contributed by atoms with Crippen molar-refractivity contribution in [1.82, 2.24) is 14.9 Å². The minimum absolute atomic E-state index is 0.0557. The average Bonchev–Trinajstić information content (AvgIpc) is 2.87. The smallest absolute Gasteiger partial charge is 0.266 e. The second-order valence-electron chi connectivity index (χ2n) is 8.53. The largest absolute Gasteiger partial charge is 0.352 e. The number of carbonyl (C=O) groups excluding carboxylic acids is 2. The first-order valence-electron chi connectivity index (χ1n) is 11.6. The average molecular weight is 504 g/mol. The Hall–Kier alpha value is -3.78. The van der Waals surface area contributed by atoms with Gasteiger partial charge in [0.15, 0.2) is 10.9 Å². The lowest BCUT2D eigenvalue weighted by atomic mass is 10.0. The molecule has 0 bridgehead atoms. The monoisotopic (exact) mass is 503 g/mol. The number of nitrogens with zero attached hydrogens (tertiary/aromatic N) is 2. The van der Waals surface area contributed by atoms with Gasteiger partial charge in [-0.15, -0.1) is 0 Å². The third-order valence-corrected chi connectivity index (χ3v) is 6.69. The molecule has 1 heterocycles. The van der Waals surface area contributed by atoms with E-state index in [2.05, 4.69) is 10.3 Å². The molecule has 0 atom stereocenters. The number of thioether (sulfide) groups is 1. The van der Waals surface area contributed by atoms with Gasteiger partial charge in [0.1, 0.15) is 5.82 Å². The number of ketones is 1. The van der Waals surface area contributed by atoms with E-state index < -0.39 is 5.82 Å². The molecule has 0 saturated carbocycles. The fourth-order valence-electron chi connectivity index (χ4n) is 3.81. The highest BCUT2D eigenvalue weighted by molar-refractivity contribution is 7.99. The maximum absolute atomic E-state index is 13.6. The SMILES string of the molecule is CCCNC(=O)c1ccc2c(=O)n(-c3ccc(F)cc3)c(SCC(=O)c3cc(C)ccc3C)nc2c1. The summed E-state index contributed by atoms with van der Waals surface area (Å²) in [6.07, 6.45) is 0.801. The summed E-state index contributed by atoms with van der Waals surface area (Å²) in [5.74, 6) is -0.709. The number of hydrogen-bond acceptors (Lipinski definition) is 5. The van der Waals surface area contributed by atoms with Gasteiger partial charge in [0.25, 0.3) is 11.5 Å². The Labute approximate surface area is 212 Å². The molecule has 0 aliphatic carbocycles. The van der Waals surface area contributed by atoms with Gasteiger partial charge in [0.2, 0.25) is 0 Å². The molecule has 3 aromatic carbocycles. The van der Waals surface area contributed by atoms with Crippen LogP contribution in [0.1, 0.15) is 45.2 Å². The summed E-state index contributed by atoms with van der Waals surface area (Å²) >= 11 is 1.13. The highest BCUT2D eigenvalue weighted by Crippen LogP contribution is 2.24. The van der Waals surface area contributed by atoms with E-state index in [0.29, 0.717) is 34.3 Å².